The number of H-pyrrole nitrogens is 1. The van der Waals surface area contributed by atoms with Crippen molar-refractivity contribution in [2.45, 2.75) is 31.3 Å². The van der Waals surface area contributed by atoms with E-state index in [9.17, 15) is 0 Å². The number of hydrogen-bond acceptors (Lipinski definition) is 4. The second-order valence-electron chi connectivity index (χ2n) is 6.05. The summed E-state index contributed by atoms with van der Waals surface area (Å²) in [5.74, 6) is 0.605. The van der Waals surface area contributed by atoms with E-state index in [1.54, 1.807) is 6.20 Å². The minimum absolute atomic E-state index is 0.271. The van der Waals surface area contributed by atoms with Crippen LogP contribution in [0.1, 0.15) is 19.3 Å². The fourth-order valence-corrected chi connectivity index (χ4v) is 3.42. The molecule has 0 spiro atoms. The third-order valence-electron chi connectivity index (χ3n) is 4.39. The summed E-state index contributed by atoms with van der Waals surface area (Å²) in [6, 6.07) is 8.71. The first-order valence-electron chi connectivity index (χ1n) is 7.82. The van der Waals surface area contributed by atoms with E-state index in [1.807, 2.05) is 24.4 Å². The summed E-state index contributed by atoms with van der Waals surface area (Å²) >= 11 is 6.34. The molecule has 0 amide bonds. The highest BCUT2D eigenvalue weighted by molar-refractivity contribution is 6.33. The molecule has 2 aromatic heterocycles. The van der Waals surface area contributed by atoms with E-state index in [-0.39, 0.29) is 6.04 Å². The van der Waals surface area contributed by atoms with Crippen molar-refractivity contribution >= 4 is 28.5 Å². The molecule has 1 unspecified atom stereocenters. The first-order valence-corrected chi connectivity index (χ1v) is 8.19. The van der Waals surface area contributed by atoms with E-state index in [1.165, 1.54) is 0 Å². The maximum Gasteiger partial charge on any atom is 0.223 e. The predicted octanol–water partition coefficient (Wildman–Crippen LogP) is 3.57. The van der Waals surface area contributed by atoms with E-state index in [2.05, 4.69) is 26.3 Å². The van der Waals surface area contributed by atoms with E-state index in [0.29, 0.717) is 17.0 Å². The Balaban J connectivity index is 1.69. The Labute approximate surface area is 139 Å². The first kappa shape index (κ1) is 14.5. The molecule has 23 heavy (non-hydrogen) atoms. The molecule has 1 fully saturated rings. The van der Waals surface area contributed by atoms with Gasteiger partial charge in [0, 0.05) is 34.7 Å². The lowest BCUT2D eigenvalue weighted by atomic mass is 10.1. The number of para-hydroxylation sites is 1. The minimum Gasteiger partial charge on any atom is -0.360 e. The Morgan fingerprint density at radius 2 is 2.13 bits per heavy atom. The molecular formula is C17H18ClN5. The van der Waals surface area contributed by atoms with E-state index in [0.717, 1.165) is 41.4 Å². The highest BCUT2D eigenvalue weighted by Crippen LogP contribution is 2.32. The number of nitrogens with one attached hydrogen (secondary N) is 2. The van der Waals surface area contributed by atoms with Gasteiger partial charge in [-0.15, -0.1) is 0 Å². The maximum atomic E-state index is 6.34. The van der Waals surface area contributed by atoms with Gasteiger partial charge >= 0.3 is 0 Å². The molecule has 1 aliphatic rings. The number of anilines is 1. The standard InChI is InChI=1S/C17H18ClN5/c18-14-9-21-17(22-11-6-5-10(19)7-11)23-16(14)13-8-20-15-4-2-1-3-12(13)15/h1-4,8-11,20H,5-7,19H2,(H,21,22,23)/t10-,11?/m1/s1. The largest absolute Gasteiger partial charge is 0.360 e. The zero-order valence-corrected chi connectivity index (χ0v) is 13.3. The molecule has 5 nitrogen and oxygen atoms in total. The number of halogens is 1. The van der Waals surface area contributed by atoms with Crippen molar-refractivity contribution in [3.8, 4) is 11.3 Å². The highest BCUT2D eigenvalue weighted by Gasteiger charge is 2.22. The van der Waals surface area contributed by atoms with Gasteiger partial charge < -0.3 is 16.0 Å². The Morgan fingerprint density at radius 3 is 2.96 bits per heavy atom. The minimum atomic E-state index is 0.271. The van der Waals surface area contributed by atoms with Crippen molar-refractivity contribution in [2.75, 3.05) is 5.32 Å². The van der Waals surface area contributed by atoms with Crippen LogP contribution in [0.5, 0.6) is 0 Å². The van der Waals surface area contributed by atoms with Gasteiger partial charge in [-0.05, 0) is 25.3 Å². The lowest BCUT2D eigenvalue weighted by molar-refractivity contribution is 0.685. The van der Waals surface area contributed by atoms with Crippen LogP contribution < -0.4 is 11.1 Å². The number of rotatable bonds is 3. The van der Waals surface area contributed by atoms with Crippen molar-refractivity contribution in [3.63, 3.8) is 0 Å². The van der Waals surface area contributed by atoms with Crippen molar-refractivity contribution < 1.29 is 0 Å². The number of fused-ring (bicyclic) bond motifs is 1. The topological polar surface area (TPSA) is 79.6 Å². The van der Waals surface area contributed by atoms with E-state index in [4.69, 9.17) is 17.3 Å². The summed E-state index contributed by atoms with van der Waals surface area (Å²) in [4.78, 5) is 12.2. The third-order valence-corrected chi connectivity index (χ3v) is 4.67. The third kappa shape index (κ3) is 2.78. The molecule has 118 valence electrons. The molecule has 3 aromatic rings. The summed E-state index contributed by atoms with van der Waals surface area (Å²) in [5.41, 5.74) is 8.75. The monoisotopic (exact) mass is 327 g/mol. The van der Waals surface area contributed by atoms with Gasteiger partial charge in [0.25, 0.3) is 0 Å². The van der Waals surface area contributed by atoms with Crippen molar-refractivity contribution in [1.29, 1.82) is 0 Å². The van der Waals surface area contributed by atoms with Crippen LogP contribution in [0.3, 0.4) is 0 Å². The van der Waals surface area contributed by atoms with Gasteiger partial charge in [0.1, 0.15) is 0 Å². The van der Waals surface area contributed by atoms with Crippen LogP contribution in [0, 0.1) is 0 Å². The average molecular weight is 328 g/mol. The van der Waals surface area contributed by atoms with Gasteiger partial charge in [-0.2, -0.15) is 0 Å². The summed E-state index contributed by atoms with van der Waals surface area (Å²) in [5, 5.41) is 5.02. The molecular weight excluding hydrogens is 310 g/mol. The molecule has 0 radical (unpaired) electrons. The van der Waals surface area contributed by atoms with E-state index < -0.39 is 0 Å². The van der Waals surface area contributed by atoms with Crippen LogP contribution in [-0.2, 0) is 0 Å². The lowest BCUT2D eigenvalue weighted by Crippen LogP contribution is -2.21. The Hall–Kier alpha value is -2.11. The average Bonchev–Trinajstić information content (AvgIpc) is 3.15. The Kier molecular flexibility index (Phi) is 3.67. The molecule has 0 bridgehead atoms. The zero-order chi connectivity index (χ0) is 15.8. The quantitative estimate of drug-likeness (QED) is 0.687. The van der Waals surface area contributed by atoms with Crippen LogP contribution in [-0.4, -0.2) is 27.0 Å². The van der Waals surface area contributed by atoms with Crippen LogP contribution in [0.4, 0.5) is 5.95 Å². The molecule has 1 saturated carbocycles. The van der Waals surface area contributed by atoms with Gasteiger partial charge in [0.15, 0.2) is 0 Å². The van der Waals surface area contributed by atoms with Crippen LogP contribution in [0.15, 0.2) is 36.7 Å². The normalized spacial score (nSPS) is 21.0. The van der Waals surface area contributed by atoms with Gasteiger partial charge in [-0.25, -0.2) is 9.97 Å². The van der Waals surface area contributed by atoms with Gasteiger partial charge in [0.05, 0.1) is 16.9 Å². The molecule has 2 atom stereocenters. The lowest BCUT2D eigenvalue weighted by Gasteiger charge is -2.13. The molecule has 0 saturated heterocycles. The first-order chi connectivity index (χ1) is 11.2. The molecule has 1 aromatic carbocycles. The molecule has 2 heterocycles. The number of nitrogens with zero attached hydrogens (tertiary/aromatic N) is 2. The molecule has 0 aliphatic heterocycles. The Morgan fingerprint density at radius 1 is 1.26 bits per heavy atom. The van der Waals surface area contributed by atoms with Gasteiger partial charge in [0.2, 0.25) is 5.95 Å². The SMILES string of the molecule is N[C@@H]1CCC(Nc2ncc(Cl)c(-c3c[nH]c4ccccc34)n2)C1. The van der Waals surface area contributed by atoms with Crippen molar-refractivity contribution in [3.05, 3.63) is 41.7 Å². The second kappa shape index (κ2) is 5.83. The molecule has 1 aliphatic carbocycles. The van der Waals surface area contributed by atoms with E-state index >= 15 is 0 Å². The highest BCUT2D eigenvalue weighted by atomic mass is 35.5. The smallest absolute Gasteiger partial charge is 0.223 e. The number of hydrogen-bond donors (Lipinski definition) is 3. The van der Waals surface area contributed by atoms with Crippen molar-refractivity contribution in [1.82, 2.24) is 15.0 Å². The maximum absolute atomic E-state index is 6.34. The summed E-state index contributed by atoms with van der Waals surface area (Å²) in [6.07, 6.45) is 6.64. The second-order valence-corrected chi connectivity index (χ2v) is 6.46. The van der Waals surface area contributed by atoms with Gasteiger partial charge in [-0.1, -0.05) is 29.8 Å². The molecule has 6 heteroatoms. The van der Waals surface area contributed by atoms with Crippen LogP contribution in [0.2, 0.25) is 5.02 Å². The summed E-state index contributed by atoms with van der Waals surface area (Å²) in [7, 11) is 0. The van der Waals surface area contributed by atoms with Crippen LogP contribution in [0.25, 0.3) is 22.2 Å². The fourth-order valence-electron chi connectivity index (χ4n) is 3.22. The zero-order valence-electron chi connectivity index (χ0n) is 12.6. The fraction of sp³-hybridized carbons (Fsp3) is 0.294. The summed E-state index contributed by atoms with van der Waals surface area (Å²) < 4.78 is 0. The number of aromatic amines is 1. The van der Waals surface area contributed by atoms with Gasteiger partial charge in [-0.3, -0.25) is 0 Å². The molecule has 4 rings (SSSR count). The summed E-state index contributed by atoms with van der Waals surface area (Å²) in [6.45, 7) is 0. The number of nitrogens with two attached hydrogens (primary N) is 1. The number of benzene rings is 1. The van der Waals surface area contributed by atoms with Crippen molar-refractivity contribution in [2.24, 2.45) is 5.73 Å². The Bertz CT molecular complexity index is 844. The van der Waals surface area contributed by atoms with Crippen LogP contribution >= 0.6 is 11.6 Å². The predicted molar refractivity (Wildman–Crippen MR) is 93.6 cm³/mol. The molecule has 4 N–H and O–H groups in total. The number of aromatic nitrogens is 3.